The van der Waals surface area contributed by atoms with Crippen LogP contribution in [-0.4, -0.2) is 46.3 Å². The molecule has 1 N–H and O–H groups in total. The Morgan fingerprint density at radius 1 is 1.44 bits per heavy atom. The number of pyridine rings is 1. The number of nitrogens with zero attached hydrogens (tertiary/aromatic N) is 3. The summed E-state index contributed by atoms with van der Waals surface area (Å²) in [5.74, 6) is 1.05. The summed E-state index contributed by atoms with van der Waals surface area (Å²) in [6, 6.07) is 1.58. The number of halogens is 1. The second-order valence-corrected chi connectivity index (χ2v) is 6.27. The smallest absolute Gasteiger partial charge is 0.252 e. The number of imidazole rings is 1. The van der Waals surface area contributed by atoms with Crippen LogP contribution in [0.5, 0.6) is 5.88 Å². The lowest BCUT2D eigenvalue weighted by molar-refractivity contribution is 0.0238. The predicted molar refractivity (Wildman–Crippen MR) is 93.0 cm³/mol. The van der Waals surface area contributed by atoms with Crippen molar-refractivity contribution in [3.8, 4) is 5.88 Å². The van der Waals surface area contributed by atoms with Gasteiger partial charge in [-0.05, 0) is 13.0 Å². The molecule has 0 spiro atoms. The van der Waals surface area contributed by atoms with Gasteiger partial charge in [0.1, 0.15) is 17.0 Å². The number of amides is 1. The van der Waals surface area contributed by atoms with Gasteiger partial charge in [0.15, 0.2) is 0 Å². The summed E-state index contributed by atoms with van der Waals surface area (Å²) in [6.45, 7) is 4.43. The minimum Gasteiger partial charge on any atom is -0.473 e. The summed E-state index contributed by atoms with van der Waals surface area (Å²) < 4.78 is 13.1. The summed E-state index contributed by atoms with van der Waals surface area (Å²) in [6.07, 6.45) is 6.78. The first-order valence-corrected chi connectivity index (χ1v) is 8.67. The van der Waals surface area contributed by atoms with E-state index < -0.39 is 0 Å². The molecule has 1 aliphatic heterocycles. The van der Waals surface area contributed by atoms with Gasteiger partial charge in [-0.1, -0.05) is 11.6 Å². The maximum atomic E-state index is 12.2. The van der Waals surface area contributed by atoms with E-state index in [9.17, 15) is 4.79 Å². The van der Waals surface area contributed by atoms with Gasteiger partial charge in [-0.2, -0.15) is 0 Å². The lowest BCUT2D eigenvalue weighted by Gasteiger charge is -2.23. The first kappa shape index (κ1) is 17.7. The number of aryl methyl sites for hydroxylation is 1. The van der Waals surface area contributed by atoms with E-state index in [0.717, 1.165) is 18.7 Å². The minimum atomic E-state index is -0.218. The summed E-state index contributed by atoms with van der Waals surface area (Å²) >= 11 is 6.22. The fraction of sp³-hybridized carbons (Fsp3) is 0.471. The molecule has 2 aromatic rings. The second-order valence-electron chi connectivity index (χ2n) is 5.86. The molecule has 2 aromatic heterocycles. The summed E-state index contributed by atoms with van der Waals surface area (Å²) in [5.41, 5.74) is 0.409. The third-order valence-corrected chi connectivity index (χ3v) is 4.35. The van der Waals surface area contributed by atoms with Gasteiger partial charge < -0.3 is 19.4 Å². The Labute approximate surface area is 151 Å². The molecule has 25 heavy (non-hydrogen) atoms. The largest absolute Gasteiger partial charge is 0.473 e. The zero-order valence-electron chi connectivity index (χ0n) is 14.1. The Morgan fingerprint density at radius 2 is 2.24 bits per heavy atom. The number of nitrogens with one attached hydrogen (secondary N) is 1. The molecule has 0 atom stereocenters. The monoisotopic (exact) mass is 364 g/mol. The van der Waals surface area contributed by atoms with Crippen LogP contribution in [-0.2, 0) is 11.3 Å². The number of carbonyl (C=O) groups is 1. The molecule has 0 bridgehead atoms. The molecule has 8 heteroatoms. The van der Waals surface area contributed by atoms with E-state index in [0.29, 0.717) is 42.8 Å². The van der Waals surface area contributed by atoms with E-state index >= 15 is 0 Å². The quantitative estimate of drug-likeness (QED) is 0.850. The van der Waals surface area contributed by atoms with Crippen molar-refractivity contribution in [2.24, 2.45) is 0 Å². The molecule has 1 amide bonds. The van der Waals surface area contributed by atoms with Crippen LogP contribution in [0.15, 0.2) is 24.7 Å². The third kappa shape index (κ3) is 4.70. The molecule has 7 nitrogen and oxygen atoms in total. The molecule has 3 heterocycles. The van der Waals surface area contributed by atoms with E-state index in [1.54, 1.807) is 12.3 Å². The standard InChI is InChI=1S/C17H21ClN4O3/c1-12-19-4-6-22(12)7-5-20-16(23)13-10-15(18)17(21-11-13)25-14-2-8-24-9-3-14/h4,6,10-11,14H,2-3,5,7-9H2,1H3,(H,20,23). The van der Waals surface area contributed by atoms with E-state index in [1.807, 2.05) is 17.7 Å². The second kappa shape index (κ2) is 8.31. The van der Waals surface area contributed by atoms with Gasteiger partial charge in [0, 0.05) is 44.5 Å². The molecule has 0 aliphatic carbocycles. The Morgan fingerprint density at radius 3 is 2.92 bits per heavy atom. The van der Waals surface area contributed by atoms with Crippen LogP contribution in [0, 0.1) is 6.92 Å². The Hall–Kier alpha value is -2.12. The minimum absolute atomic E-state index is 0.0526. The molecular formula is C17H21ClN4O3. The molecule has 0 radical (unpaired) electrons. The van der Waals surface area contributed by atoms with Gasteiger partial charge in [-0.15, -0.1) is 0 Å². The molecule has 134 valence electrons. The molecule has 1 saturated heterocycles. The first-order chi connectivity index (χ1) is 12.1. The van der Waals surface area contributed by atoms with Crippen molar-refractivity contribution < 1.29 is 14.3 Å². The number of ether oxygens (including phenoxy) is 2. The molecular weight excluding hydrogens is 344 g/mol. The number of hydrogen-bond acceptors (Lipinski definition) is 5. The van der Waals surface area contributed by atoms with Gasteiger partial charge in [-0.3, -0.25) is 4.79 Å². The van der Waals surface area contributed by atoms with Crippen LogP contribution in [0.25, 0.3) is 0 Å². The summed E-state index contributed by atoms with van der Waals surface area (Å²) in [7, 11) is 0. The van der Waals surface area contributed by atoms with Gasteiger partial charge in [-0.25, -0.2) is 9.97 Å². The van der Waals surface area contributed by atoms with E-state index in [1.165, 1.54) is 6.20 Å². The lowest BCUT2D eigenvalue weighted by Crippen LogP contribution is -2.28. The summed E-state index contributed by atoms with van der Waals surface area (Å²) in [5, 5.41) is 3.19. The Bertz CT molecular complexity index is 728. The highest BCUT2D eigenvalue weighted by Crippen LogP contribution is 2.25. The molecule has 0 aromatic carbocycles. The van der Waals surface area contributed by atoms with Crippen LogP contribution in [0.4, 0.5) is 0 Å². The molecule has 1 fully saturated rings. The van der Waals surface area contributed by atoms with Gasteiger partial charge in [0.05, 0.1) is 18.8 Å². The number of aromatic nitrogens is 3. The van der Waals surface area contributed by atoms with Crippen molar-refractivity contribution in [1.82, 2.24) is 19.9 Å². The van der Waals surface area contributed by atoms with Crippen molar-refractivity contribution in [2.45, 2.75) is 32.4 Å². The van der Waals surface area contributed by atoms with Gasteiger partial charge in [0.2, 0.25) is 5.88 Å². The summed E-state index contributed by atoms with van der Waals surface area (Å²) in [4.78, 5) is 20.6. The van der Waals surface area contributed by atoms with Gasteiger partial charge in [0.25, 0.3) is 5.91 Å². The van der Waals surface area contributed by atoms with Crippen LogP contribution >= 0.6 is 11.6 Å². The van der Waals surface area contributed by atoms with E-state index in [2.05, 4.69) is 15.3 Å². The number of carbonyl (C=O) groups excluding carboxylic acids is 1. The van der Waals surface area contributed by atoms with Crippen molar-refractivity contribution in [1.29, 1.82) is 0 Å². The highest BCUT2D eigenvalue weighted by Gasteiger charge is 2.18. The number of hydrogen-bond donors (Lipinski definition) is 1. The van der Waals surface area contributed by atoms with Gasteiger partial charge >= 0.3 is 0 Å². The predicted octanol–water partition coefficient (Wildman–Crippen LogP) is 2.23. The maximum Gasteiger partial charge on any atom is 0.252 e. The van der Waals surface area contributed by atoms with E-state index in [-0.39, 0.29) is 12.0 Å². The SMILES string of the molecule is Cc1nccn1CCNC(=O)c1cnc(OC2CCOCC2)c(Cl)c1. The van der Waals surface area contributed by atoms with Crippen LogP contribution in [0.3, 0.4) is 0 Å². The maximum absolute atomic E-state index is 12.2. The zero-order valence-corrected chi connectivity index (χ0v) is 14.8. The normalized spacial score (nSPS) is 15.1. The van der Waals surface area contributed by atoms with Crippen LogP contribution in [0.2, 0.25) is 5.02 Å². The highest BCUT2D eigenvalue weighted by atomic mass is 35.5. The van der Waals surface area contributed by atoms with Crippen LogP contribution in [0.1, 0.15) is 29.0 Å². The third-order valence-electron chi connectivity index (χ3n) is 4.08. The average Bonchev–Trinajstić information content (AvgIpc) is 3.02. The van der Waals surface area contributed by atoms with Crippen molar-refractivity contribution in [3.63, 3.8) is 0 Å². The van der Waals surface area contributed by atoms with E-state index in [4.69, 9.17) is 21.1 Å². The topological polar surface area (TPSA) is 78.3 Å². The number of rotatable bonds is 6. The molecule has 0 saturated carbocycles. The lowest BCUT2D eigenvalue weighted by atomic mass is 10.1. The molecule has 1 aliphatic rings. The van der Waals surface area contributed by atoms with Crippen LogP contribution < -0.4 is 10.1 Å². The first-order valence-electron chi connectivity index (χ1n) is 8.29. The fourth-order valence-electron chi connectivity index (χ4n) is 2.62. The zero-order chi connectivity index (χ0) is 17.6. The van der Waals surface area contributed by atoms with Crippen molar-refractivity contribution >= 4 is 17.5 Å². The van der Waals surface area contributed by atoms with Crippen molar-refractivity contribution in [3.05, 3.63) is 41.1 Å². The Kier molecular flexibility index (Phi) is 5.88. The molecule has 0 unspecified atom stereocenters. The highest BCUT2D eigenvalue weighted by molar-refractivity contribution is 6.32. The Balaban J connectivity index is 1.54. The van der Waals surface area contributed by atoms with Crippen molar-refractivity contribution in [2.75, 3.05) is 19.8 Å². The average molecular weight is 365 g/mol. The fourth-order valence-corrected chi connectivity index (χ4v) is 2.83. The molecule has 3 rings (SSSR count).